The van der Waals surface area contributed by atoms with Gasteiger partial charge >= 0.3 is 11.9 Å². The van der Waals surface area contributed by atoms with Crippen LogP contribution in [0.5, 0.6) is 0 Å². The first-order chi connectivity index (χ1) is 15.2. The van der Waals surface area contributed by atoms with Crippen molar-refractivity contribution in [2.24, 2.45) is 23.7 Å². The molecule has 32 heavy (non-hydrogen) atoms. The number of carbonyl (C=O) groups excluding carboxylic acids is 2. The molecule has 0 saturated heterocycles. The Balaban J connectivity index is 3.68. The van der Waals surface area contributed by atoms with Crippen LogP contribution in [-0.4, -0.2) is 25.2 Å². The van der Waals surface area contributed by atoms with Gasteiger partial charge in [0, 0.05) is 12.8 Å². The topological polar surface area (TPSA) is 52.6 Å². The summed E-state index contributed by atoms with van der Waals surface area (Å²) in [7, 11) is 0. The van der Waals surface area contributed by atoms with Crippen molar-refractivity contribution in [1.29, 1.82) is 0 Å². The molecule has 0 spiro atoms. The van der Waals surface area contributed by atoms with Gasteiger partial charge in [-0.2, -0.15) is 0 Å². The average Bonchev–Trinajstić information content (AvgIpc) is 2.72. The van der Waals surface area contributed by atoms with Gasteiger partial charge in [0.2, 0.25) is 0 Å². The second-order valence-electron chi connectivity index (χ2n) is 10.7. The molecule has 0 rings (SSSR count). The molecule has 0 N–H and O–H groups in total. The van der Waals surface area contributed by atoms with Crippen LogP contribution in [0.15, 0.2) is 0 Å². The smallest absolute Gasteiger partial charge is 0.305 e. The second-order valence-corrected chi connectivity index (χ2v) is 10.7. The van der Waals surface area contributed by atoms with E-state index in [-0.39, 0.29) is 11.9 Å². The van der Waals surface area contributed by atoms with Crippen LogP contribution in [0, 0.1) is 23.7 Å². The third-order valence-corrected chi connectivity index (χ3v) is 6.25. The maximum absolute atomic E-state index is 12.0. The summed E-state index contributed by atoms with van der Waals surface area (Å²) in [6, 6.07) is 0. The fourth-order valence-electron chi connectivity index (χ4n) is 4.00. The molecule has 0 aromatic carbocycles. The highest BCUT2D eigenvalue weighted by atomic mass is 16.5. The Kier molecular flexibility index (Phi) is 19.9. The van der Waals surface area contributed by atoms with Crippen LogP contribution in [0.25, 0.3) is 0 Å². The van der Waals surface area contributed by atoms with Crippen LogP contribution in [0.3, 0.4) is 0 Å². The van der Waals surface area contributed by atoms with Crippen LogP contribution in [0.4, 0.5) is 0 Å². The summed E-state index contributed by atoms with van der Waals surface area (Å²) in [5, 5.41) is 0. The number of unbranched alkanes of at least 4 members (excludes halogenated alkanes) is 5. The van der Waals surface area contributed by atoms with E-state index in [4.69, 9.17) is 9.47 Å². The predicted octanol–water partition coefficient (Wildman–Crippen LogP) is 8.12. The molecular weight excluding hydrogens is 400 g/mol. The van der Waals surface area contributed by atoms with E-state index in [0.29, 0.717) is 49.7 Å². The number of hydrogen-bond acceptors (Lipinski definition) is 4. The molecule has 1 unspecified atom stereocenters. The van der Waals surface area contributed by atoms with Gasteiger partial charge in [0.25, 0.3) is 0 Å². The molecule has 0 aliphatic carbocycles. The summed E-state index contributed by atoms with van der Waals surface area (Å²) >= 11 is 0. The van der Waals surface area contributed by atoms with Crippen LogP contribution in [0.2, 0.25) is 0 Å². The predicted molar refractivity (Wildman–Crippen MR) is 135 cm³/mol. The molecule has 0 heterocycles. The Labute approximate surface area is 199 Å². The van der Waals surface area contributed by atoms with E-state index in [2.05, 4.69) is 41.5 Å². The molecule has 4 heteroatoms. The van der Waals surface area contributed by atoms with Gasteiger partial charge in [-0.05, 0) is 62.2 Å². The first-order valence-corrected chi connectivity index (χ1v) is 13.5. The minimum atomic E-state index is -0.0352. The number of hydrogen-bond donors (Lipinski definition) is 0. The summed E-state index contributed by atoms with van der Waals surface area (Å²) in [5.41, 5.74) is 0. The molecular formula is C28H54O4. The molecule has 0 amide bonds. The number of esters is 2. The minimum absolute atomic E-state index is 0.0298. The molecule has 190 valence electrons. The Hall–Kier alpha value is -1.06. The summed E-state index contributed by atoms with van der Waals surface area (Å²) in [5.74, 6) is 2.48. The molecule has 0 aliphatic heterocycles. The maximum atomic E-state index is 12.0. The summed E-state index contributed by atoms with van der Waals surface area (Å²) in [4.78, 5) is 23.7. The number of carbonyl (C=O) groups is 2. The van der Waals surface area contributed by atoms with Crippen molar-refractivity contribution in [3.05, 3.63) is 0 Å². The van der Waals surface area contributed by atoms with Crippen LogP contribution >= 0.6 is 0 Å². The monoisotopic (exact) mass is 454 g/mol. The first kappa shape index (κ1) is 30.9. The van der Waals surface area contributed by atoms with Gasteiger partial charge in [0.15, 0.2) is 0 Å². The van der Waals surface area contributed by atoms with Gasteiger partial charge in [-0.15, -0.1) is 0 Å². The van der Waals surface area contributed by atoms with Crippen LogP contribution in [0.1, 0.15) is 131 Å². The van der Waals surface area contributed by atoms with Crippen molar-refractivity contribution in [2.75, 3.05) is 13.2 Å². The zero-order valence-electron chi connectivity index (χ0n) is 22.3. The van der Waals surface area contributed by atoms with Gasteiger partial charge in [-0.25, -0.2) is 0 Å². The molecule has 0 saturated carbocycles. The quantitative estimate of drug-likeness (QED) is 0.130. The lowest BCUT2D eigenvalue weighted by molar-refractivity contribution is -0.145. The van der Waals surface area contributed by atoms with Crippen molar-refractivity contribution in [3.8, 4) is 0 Å². The highest BCUT2D eigenvalue weighted by Crippen LogP contribution is 2.24. The Bertz CT molecular complexity index is 456. The summed E-state index contributed by atoms with van der Waals surface area (Å²) < 4.78 is 10.7. The lowest BCUT2D eigenvalue weighted by atomic mass is 9.86. The van der Waals surface area contributed by atoms with Crippen molar-refractivity contribution < 1.29 is 19.1 Å². The zero-order valence-corrected chi connectivity index (χ0v) is 22.3. The summed E-state index contributed by atoms with van der Waals surface area (Å²) in [6.45, 7) is 14.4. The third kappa shape index (κ3) is 20.8. The number of ether oxygens (including phenoxy) is 2. The van der Waals surface area contributed by atoms with Crippen molar-refractivity contribution in [3.63, 3.8) is 0 Å². The van der Waals surface area contributed by atoms with E-state index in [9.17, 15) is 9.59 Å². The van der Waals surface area contributed by atoms with Crippen LogP contribution in [-0.2, 0) is 19.1 Å². The molecule has 0 radical (unpaired) electrons. The molecule has 1 atom stereocenters. The van der Waals surface area contributed by atoms with Crippen molar-refractivity contribution >= 4 is 11.9 Å². The van der Waals surface area contributed by atoms with Crippen molar-refractivity contribution in [1.82, 2.24) is 0 Å². The number of rotatable bonds is 21. The molecule has 4 nitrogen and oxygen atoms in total. The van der Waals surface area contributed by atoms with Gasteiger partial charge < -0.3 is 9.47 Å². The Morgan fingerprint density at radius 2 is 1.00 bits per heavy atom. The normalized spacial score (nSPS) is 12.5. The van der Waals surface area contributed by atoms with Gasteiger partial charge in [-0.1, -0.05) is 80.1 Å². The van der Waals surface area contributed by atoms with Gasteiger partial charge in [0.05, 0.1) is 13.2 Å². The fourth-order valence-corrected chi connectivity index (χ4v) is 4.00. The maximum Gasteiger partial charge on any atom is 0.305 e. The average molecular weight is 455 g/mol. The molecule has 0 aliphatic rings. The largest absolute Gasteiger partial charge is 0.466 e. The van der Waals surface area contributed by atoms with E-state index < -0.39 is 0 Å². The zero-order chi connectivity index (χ0) is 24.2. The fraction of sp³-hybridized carbons (Fsp3) is 0.929. The Morgan fingerprint density at radius 3 is 1.50 bits per heavy atom. The SMILES string of the molecule is CC(C)CCCOC(=O)CCCCCCCCC(CCC(=O)OCCCC(C)C)C(C)C. The lowest BCUT2D eigenvalue weighted by Gasteiger charge is -2.20. The van der Waals surface area contributed by atoms with E-state index >= 15 is 0 Å². The Morgan fingerprint density at radius 1 is 0.531 bits per heavy atom. The van der Waals surface area contributed by atoms with E-state index in [0.717, 1.165) is 44.9 Å². The lowest BCUT2D eigenvalue weighted by Crippen LogP contribution is -2.13. The van der Waals surface area contributed by atoms with E-state index in [1.165, 1.54) is 32.1 Å². The molecule has 0 aromatic heterocycles. The highest BCUT2D eigenvalue weighted by Gasteiger charge is 2.15. The van der Waals surface area contributed by atoms with E-state index in [1.807, 2.05) is 0 Å². The standard InChI is InChI=1S/C28H54O4/c1-23(2)15-13-21-31-27(29)18-12-10-8-7-9-11-17-26(25(5)6)19-20-28(30)32-22-14-16-24(3)4/h23-26H,7-22H2,1-6H3. The van der Waals surface area contributed by atoms with Gasteiger partial charge in [0.1, 0.15) is 0 Å². The second kappa shape index (κ2) is 20.5. The molecule has 0 fully saturated rings. The summed E-state index contributed by atoms with van der Waals surface area (Å²) in [6.07, 6.45) is 14.4. The van der Waals surface area contributed by atoms with Crippen LogP contribution < -0.4 is 0 Å². The minimum Gasteiger partial charge on any atom is -0.466 e. The third-order valence-electron chi connectivity index (χ3n) is 6.25. The highest BCUT2D eigenvalue weighted by molar-refractivity contribution is 5.69. The first-order valence-electron chi connectivity index (χ1n) is 13.5. The van der Waals surface area contributed by atoms with Gasteiger partial charge in [-0.3, -0.25) is 9.59 Å². The van der Waals surface area contributed by atoms with Crippen molar-refractivity contribution in [2.45, 2.75) is 131 Å². The van der Waals surface area contributed by atoms with E-state index in [1.54, 1.807) is 0 Å². The molecule has 0 bridgehead atoms. The molecule has 0 aromatic rings.